The van der Waals surface area contributed by atoms with E-state index in [1.165, 1.54) is 13.0 Å². The minimum atomic E-state index is -4.97. The minimum absolute atomic E-state index is 0.00531. The number of benzene rings is 3. The molecule has 0 aliphatic carbocycles. The van der Waals surface area contributed by atoms with Crippen molar-refractivity contribution in [2.24, 2.45) is 11.8 Å². The standard InChI is InChI=1S/C30H27BrF7NO2/c1-17(20-9-22(29(33,34)35)12-23(10-20)30(36,37)38)41-28-27(19-7-8-26(32)25(31)11-19)24-15-39(14-21(24)16-40-28)13-18-5-3-2-4-6-18/h2-12,17,21,24,27-28H,13-16H2,1H3/t17-,21+,24-,27+,28-/m1/s1. The average molecular weight is 646 g/mol. The molecule has 0 amide bonds. The molecule has 41 heavy (non-hydrogen) atoms. The number of alkyl halides is 6. The van der Waals surface area contributed by atoms with Crippen LogP contribution in [0.5, 0.6) is 0 Å². The fourth-order valence-electron chi connectivity index (χ4n) is 5.81. The van der Waals surface area contributed by atoms with Crippen molar-refractivity contribution in [3.63, 3.8) is 0 Å². The summed E-state index contributed by atoms with van der Waals surface area (Å²) in [5, 5.41) is 0. The molecule has 2 heterocycles. The van der Waals surface area contributed by atoms with Gasteiger partial charge in [-0.2, -0.15) is 26.3 Å². The van der Waals surface area contributed by atoms with E-state index in [1.807, 2.05) is 30.3 Å². The second kappa shape index (κ2) is 11.7. The molecule has 2 saturated heterocycles. The number of halogens is 8. The van der Waals surface area contributed by atoms with Crippen LogP contribution in [0.15, 0.2) is 71.2 Å². The fourth-order valence-corrected chi connectivity index (χ4v) is 6.20. The molecule has 0 spiro atoms. The van der Waals surface area contributed by atoms with Crippen LogP contribution in [0, 0.1) is 17.7 Å². The van der Waals surface area contributed by atoms with Crippen LogP contribution in [0.4, 0.5) is 30.7 Å². The van der Waals surface area contributed by atoms with Gasteiger partial charge in [-0.1, -0.05) is 36.4 Å². The van der Waals surface area contributed by atoms with Crippen molar-refractivity contribution in [3.8, 4) is 0 Å². The van der Waals surface area contributed by atoms with Crippen molar-refractivity contribution in [2.45, 2.75) is 44.1 Å². The van der Waals surface area contributed by atoms with E-state index in [9.17, 15) is 30.7 Å². The Morgan fingerprint density at radius 1 is 0.927 bits per heavy atom. The molecule has 2 aliphatic rings. The third kappa shape index (κ3) is 6.79. The highest BCUT2D eigenvalue weighted by Crippen LogP contribution is 2.46. The number of rotatable bonds is 6. The Morgan fingerprint density at radius 2 is 1.59 bits per heavy atom. The first-order valence-electron chi connectivity index (χ1n) is 13.1. The van der Waals surface area contributed by atoms with Gasteiger partial charge in [0, 0.05) is 25.6 Å². The third-order valence-corrected chi connectivity index (χ3v) is 8.40. The van der Waals surface area contributed by atoms with Crippen LogP contribution in [-0.4, -0.2) is 30.9 Å². The topological polar surface area (TPSA) is 21.7 Å². The van der Waals surface area contributed by atoms with Crippen LogP contribution in [0.25, 0.3) is 0 Å². The molecule has 3 nitrogen and oxygen atoms in total. The smallest absolute Gasteiger partial charge is 0.352 e. The SMILES string of the molecule is C[C@@H](O[C@H]1OC[C@@H]2CN(Cc3ccccc3)C[C@H]2[C@@H]1c1ccc(F)c(Br)c1)c1cc(C(F)(F)F)cc(C(F)(F)F)c1. The Balaban J connectivity index is 1.44. The lowest BCUT2D eigenvalue weighted by molar-refractivity contribution is -0.217. The van der Waals surface area contributed by atoms with Crippen LogP contribution in [0.1, 0.15) is 46.8 Å². The van der Waals surface area contributed by atoms with Crippen molar-refractivity contribution in [2.75, 3.05) is 19.7 Å². The highest BCUT2D eigenvalue weighted by atomic mass is 79.9. The lowest BCUT2D eigenvalue weighted by atomic mass is 9.77. The molecular formula is C30H27BrF7NO2. The van der Waals surface area contributed by atoms with Crippen LogP contribution in [-0.2, 0) is 28.4 Å². The largest absolute Gasteiger partial charge is 0.416 e. The fraction of sp³-hybridized carbons (Fsp3) is 0.400. The second-order valence-corrected chi connectivity index (χ2v) is 11.5. The molecule has 0 radical (unpaired) electrons. The van der Waals surface area contributed by atoms with E-state index in [2.05, 4.69) is 20.8 Å². The van der Waals surface area contributed by atoms with E-state index in [-0.39, 0.29) is 27.9 Å². The summed E-state index contributed by atoms with van der Waals surface area (Å²) in [5.74, 6) is -0.808. The van der Waals surface area contributed by atoms with Gasteiger partial charge in [0.15, 0.2) is 6.29 Å². The number of fused-ring (bicyclic) bond motifs is 1. The van der Waals surface area contributed by atoms with Gasteiger partial charge in [-0.05, 0) is 81.7 Å². The second-order valence-electron chi connectivity index (χ2n) is 10.6. The lowest BCUT2D eigenvalue weighted by Gasteiger charge is -2.40. The number of hydrogen-bond acceptors (Lipinski definition) is 3. The molecule has 3 aromatic rings. The van der Waals surface area contributed by atoms with Crippen LogP contribution in [0.2, 0.25) is 0 Å². The molecule has 0 N–H and O–H groups in total. The predicted octanol–water partition coefficient (Wildman–Crippen LogP) is 8.59. The maximum atomic E-state index is 14.1. The normalized spacial score (nSPS) is 24.3. The van der Waals surface area contributed by atoms with Crippen molar-refractivity contribution in [1.29, 1.82) is 0 Å². The molecular weight excluding hydrogens is 619 g/mol. The highest BCUT2D eigenvalue weighted by Gasteiger charge is 2.47. The number of nitrogens with zero attached hydrogens (tertiary/aromatic N) is 1. The molecule has 11 heteroatoms. The monoisotopic (exact) mass is 645 g/mol. The number of likely N-dealkylation sites (tertiary alicyclic amines) is 1. The molecule has 2 aliphatic heterocycles. The first kappa shape index (κ1) is 30.0. The van der Waals surface area contributed by atoms with Crippen LogP contribution >= 0.6 is 15.9 Å². The highest BCUT2D eigenvalue weighted by molar-refractivity contribution is 9.10. The zero-order valence-corrected chi connectivity index (χ0v) is 23.4. The molecule has 0 unspecified atom stereocenters. The van der Waals surface area contributed by atoms with Crippen molar-refractivity contribution in [3.05, 3.63) is 105 Å². The molecule has 0 aromatic heterocycles. The maximum Gasteiger partial charge on any atom is 0.416 e. The zero-order chi connectivity index (χ0) is 29.5. The lowest BCUT2D eigenvalue weighted by Crippen LogP contribution is -2.42. The average Bonchev–Trinajstić information content (AvgIpc) is 3.32. The van der Waals surface area contributed by atoms with Gasteiger partial charge in [-0.15, -0.1) is 0 Å². The zero-order valence-electron chi connectivity index (χ0n) is 21.9. The number of hydrogen-bond donors (Lipinski definition) is 0. The Bertz CT molecular complexity index is 1330. The van der Waals surface area contributed by atoms with Gasteiger partial charge in [0.25, 0.3) is 0 Å². The first-order chi connectivity index (χ1) is 19.3. The summed E-state index contributed by atoms with van der Waals surface area (Å²) in [6.45, 7) is 3.82. The van der Waals surface area contributed by atoms with Crippen molar-refractivity contribution in [1.82, 2.24) is 4.90 Å². The minimum Gasteiger partial charge on any atom is -0.352 e. The van der Waals surface area contributed by atoms with Crippen molar-refractivity contribution >= 4 is 15.9 Å². The Hall–Kier alpha value is -2.47. The van der Waals surface area contributed by atoms with E-state index in [0.717, 1.165) is 12.1 Å². The molecule has 5 atom stereocenters. The van der Waals surface area contributed by atoms with E-state index < -0.39 is 47.6 Å². The van der Waals surface area contributed by atoms with Crippen molar-refractivity contribution < 1.29 is 40.2 Å². The molecule has 220 valence electrons. The van der Waals surface area contributed by atoms with Gasteiger partial charge in [-0.25, -0.2) is 4.39 Å². The summed E-state index contributed by atoms with van der Waals surface area (Å²) < 4.78 is 107. The number of ether oxygens (including phenoxy) is 2. The third-order valence-electron chi connectivity index (χ3n) is 7.79. The van der Waals surface area contributed by atoms with E-state index in [1.54, 1.807) is 12.1 Å². The molecule has 2 fully saturated rings. The summed E-state index contributed by atoms with van der Waals surface area (Å²) in [6.07, 6.45) is -12.1. The molecule has 5 rings (SSSR count). The molecule has 0 bridgehead atoms. The van der Waals surface area contributed by atoms with E-state index >= 15 is 0 Å². The predicted molar refractivity (Wildman–Crippen MR) is 141 cm³/mol. The van der Waals surface area contributed by atoms with Crippen LogP contribution < -0.4 is 0 Å². The quantitative estimate of drug-likeness (QED) is 0.251. The summed E-state index contributed by atoms with van der Waals surface area (Å²) in [5.41, 5.74) is -1.25. The molecule has 3 aromatic carbocycles. The Kier molecular flexibility index (Phi) is 8.53. The van der Waals surface area contributed by atoms with Gasteiger partial charge < -0.3 is 9.47 Å². The Morgan fingerprint density at radius 3 is 2.20 bits per heavy atom. The van der Waals surface area contributed by atoms with Gasteiger partial charge in [0.2, 0.25) is 0 Å². The van der Waals surface area contributed by atoms with Gasteiger partial charge in [-0.3, -0.25) is 4.90 Å². The van der Waals surface area contributed by atoms with E-state index in [0.29, 0.717) is 37.4 Å². The Labute approximate surface area is 241 Å². The van der Waals surface area contributed by atoms with Gasteiger partial charge in [0.1, 0.15) is 5.82 Å². The van der Waals surface area contributed by atoms with Gasteiger partial charge in [0.05, 0.1) is 28.3 Å². The summed E-state index contributed by atoms with van der Waals surface area (Å²) in [7, 11) is 0. The van der Waals surface area contributed by atoms with Gasteiger partial charge >= 0.3 is 12.4 Å². The van der Waals surface area contributed by atoms with E-state index in [4.69, 9.17) is 9.47 Å². The summed E-state index contributed by atoms with van der Waals surface area (Å²) >= 11 is 3.22. The summed E-state index contributed by atoms with van der Waals surface area (Å²) in [4.78, 5) is 2.29. The maximum absolute atomic E-state index is 14.1. The summed E-state index contributed by atoms with van der Waals surface area (Å²) in [6, 6.07) is 15.9. The van der Waals surface area contributed by atoms with Crippen LogP contribution in [0.3, 0.4) is 0 Å². The molecule has 0 saturated carbocycles. The first-order valence-corrected chi connectivity index (χ1v) is 13.9.